The molecule has 2 rings (SSSR count). The maximum Gasteiger partial charge on any atom is 0.122 e. The molecular weight excluding hydrogens is 300 g/mol. The van der Waals surface area contributed by atoms with Crippen LogP contribution in [-0.4, -0.2) is 19.3 Å². The first-order valence-electron chi connectivity index (χ1n) is 6.34. The van der Waals surface area contributed by atoms with Gasteiger partial charge in [0.2, 0.25) is 0 Å². The second-order valence-electron chi connectivity index (χ2n) is 4.59. The van der Waals surface area contributed by atoms with Crippen molar-refractivity contribution in [3.63, 3.8) is 0 Å². The quantitative estimate of drug-likeness (QED) is 0.884. The van der Waals surface area contributed by atoms with Crippen molar-refractivity contribution in [1.29, 1.82) is 15.9 Å². The summed E-state index contributed by atoms with van der Waals surface area (Å²) in [6, 6.07) is 9.32. The second-order valence-corrected chi connectivity index (χ2v) is 5.67. The second kappa shape index (κ2) is 6.42. The molecule has 0 radical (unpaired) electrons. The molecule has 0 spiro atoms. The van der Waals surface area contributed by atoms with Gasteiger partial charge in [0.1, 0.15) is 17.4 Å². The van der Waals surface area contributed by atoms with E-state index in [1.165, 1.54) is 14.2 Å². The lowest BCUT2D eigenvalue weighted by Gasteiger charge is -2.28. The van der Waals surface area contributed by atoms with Gasteiger partial charge in [-0.1, -0.05) is 11.8 Å². The van der Waals surface area contributed by atoms with Crippen molar-refractivity contribution in [3.8, 4) is 23.6 Å². The molecule has 1 aliphatic rings. The predicted octanol–water partition coefficient (Wildman–Crippen LogP) is 2.35. The number of nitrogens with one attached hydrogen (secondary N) is 1. The number of hydrogen-bond donors (Lipinski definition) is 2. The number of benzene rings is 1. The molecule has 2 atom stereocenters. The number of rotatable bonds is 3. The zero-order valence-electron chi connectivity index (χ0n) is 12.1. The van der Waals surface area contributed by atoms with E-state index in [-0.39, 0.29) is 10.1 Å². The van der Waals surface area contributed by atoms with E-state index in [9.17, 15) is 10.5 Å². The third-order valence-corrected chi connectivity index (χ3v) is 4.32. The molecule has 6 nitrogen and oxygen atoms in total. The first-order chi connectivity index (χ1) is 10.5. The van der Waals surface area contributed by atoms with Crippen LogP contribution in [0.1, 0.15) is 11.5 Å². The van der Waals surface area contributed by atoms with Crippen molar-refractivity contribution in [2.45, 2.75) is 5.92 Å². The minimum absolute atomic E-state index is 0.130. The van der Waals surface area contributed by atoms with Crippen LogP contribution in [-0.2, 0) is 0 Å². The van der Waals surface area contributed by atoms with Gasteiger partial charge in [-0.3, -0.25) is 5.41 Å². The first-order valence-corrected chi connectivity index (χ1v) is 7.16. The first kappa shape index (κ1) is 15.7. The summed E-state index contributed by atoms with van der Waals surface area (Å²) in [5.74, 6) is -0.269. The fourth-order valence-electron chi connectivity index (χ4n) is 2.33. The number of nitrogens with two attached hydrogens (primary N) is 1. The average Bonchev–Trinajstić information content (AvgIpc) is 2.53. The van der Waals surface area contributed by atoms with Gasteiger partial charge in [-0.2, -0.15) is 10.5 Å². The van der Waals surface area contributed by atoms with E-state index in [4.69, 9.17) is 20.6 Å². The number of ether oxygens (including phenoxy) is 2. The maximum atomic E-state index is 9.41. The van der Waals surface area contributed by atoms with Crippen molar-refractivity contribution in [2.75, 3.05) is 14.2 Å². The van der Waals surface area contributed by atoms with Gasteiger partial charge in [0.15, 0.2) is 0 Å². The normalized spacial score (nSPS) is 21.0. The fourth-order valence-corrected chi connectivity index (χ4v) is 3.17. The Labute approximate surface area is 132 Å². The van der Waals surface area contributed by atoms with Gasteiger partial charge in [-0.15, -0.1) is 0 Å². The zero-order chi connectivity index (χ0) is 16.3. The monoisotopic (exact) mass is 314 g/mol. The van der Waals surface area contributed by atoms with Gasteiger partial charge < -0.3 is 15.2 Å². The fraction of sp³-hybridized carbons (Fsp3) is 0.267. The number of nitriles is 2. The summed E-state index contributed by atoms with van der Waals surface area (Å²) in [5, 5.41) is 27.2. The Morgan fingerprint density at radius 1 is 1.18 bits per heavy atom. The molecule has 1 aliphatic heterocycles. The lowest BCUT2D eigenvalue weighted by molar-refractivity contribution is 0.393. The van der Waals surface area contributed by atoms with E-state index in [2.05, 4.69) is 12.1 Å². The highest BCUT2D eigenvalue weighted by molar-refractivity contribution is 8.17. The molecule has 7 heteroatoms. The van der Waals surface area contributed by atoms with Crippen LogP contribution in [0.3, 0.4) is 0 Å². The van der Waals surface area contributed by atoms with E-state index >= 15 is 0 Å². The summed E-state index contributed by atoms with van der Waals surface area (Å²) < 4.78 is 10.5. The Morgan fingerprint density at radius 2 is 1.77 bits per heavy atom. The zero-order valence-corrected chi connectivity index (χ0v) is 12.9. The molecule has 112 valence electrons. The molecule has 3 N–H and O–H groups in total. The van der Waals surface area contributed by atoms with Crippen molar-refractivity contribution in [3.05, 3.63) is 34.4 Å². The SMILES string of the molecule is COc1cc(OC)cc([C@H]2C(C#N)=C(N)SC(=N)[C@H]2C#N)c1. The molecule has 1 aromatic rings. The third-order valence-electron chi connectivity index (χ3n) is 3.40. The van der Waals surface area contributed by atoms with Crippen molar-refractivity contribution in [2.24, 2.45) is 11.7 Å². The number of allylic oxidation sites excluding steroid dienone is 1. The number of hydrogen-bond acceptors (Lipinski definition) is 7. The van der Waals surface area contributed by atoms with E-state index in [1.807, 2.05) is 0 Å². The van der Waals surface area contributed by atoms with Crippen molar-refractivity contribution < 1.29 is 9.47 Å². The summed E-state index contributed by atoms with van der Waals surface area (Å²) in [5.41, 5.74) is 6.83. The molecule has 0 unspecified atom stereocenters. The molecular formula is C15H14N4O2S. The summed E-state index contributed by atoms with van der Waals surface area (Å²) in [6.45, 7) is 0. The summed E-state index contributed by atoms with van der Waals surface area (Å²) >= 11 is 0.958. The topological polar surface area (TPSA) is 116 Å². The molecule has 0 saturated carbocycles. The molecule has 1 heterocycles. The van der Waals surface area contributed by atoms with Crippen molar-refractivity contribution in [1.82, 2.24) is 0 Å². The molecule has 0 fully saturated rings. The standard InChI is InChI=1S/C15H14N4O2S/c1-20-9-3-8(4-10(5-9)21-2)13-11(6-16)14(18)22-15(19)12(13)7-17/h3-5,11,13,18H,19H2,1-2H3/t11-,13+/m0/s1. The largest absolute Gasteiger partial charge is 0.497 e. The Balaban J connectivity index is 2.65. The Morgan fingerprint density at radius 3 is 2.23 bits per heavy atom. The van der Waals surface area contributed by atoms with Gasteiger partial charge in [0.25, 0.3) is 0 Å². The number of thioether (sulfide) groups is 1. The smallest absolute Gasteiger partial charge is 0.122 e. The highest BCUT2D eigenvalue weighted by Gasteiger charge is 2.37. The molecule has 0 saturated heterocycles. The maximum absolute atomic E-state index is 9.41. The highest BCUT2D eigenvalue weighted by atomic mass is 32.2. The Bertz CT molecular complexity index is 708. The minimum Gasteiger partial charge on any atom is -0.497 e. The van der Waals surface area contributed by atoms with E-state index in [0.29, 0.717) is 22.6 Å². The molecule has 0 amide bonds. The van der Waals surface area contributed by atoms with Crippen molar-refractivity contribution >= 4 is 16.8 Å². The van der Waals surface area contributed by atoms with Crippen LogP contribution in [0.25, 0.3) is 0 Å². The van der Waals surface area contributed by atoms with E-state index in [0.717, 1.165) is 11.8 Å². The van der Waals surface area contributed by atoms with Crippen LogP contribution < -0.4 is 15.2 Å². The van der Waals surface area contributed by atoms with Gasteiger partial charge in [0, 0.05) is 12.0 Å². The summed E-state index contributed by atoms with van der Waals surface area (Å²) in [6.07, 6.45) is 0. The van der Waals surface area contributed by atoms with E-state index in [1.54, 1.807) is 18.2 Å². The number of methoxy groups -OCH3 is 2. The van der Waals surface area contributed by atoms with Crippen LogP contribution in [0.4, 0.5) is 0 Å². The van der Waals surface area contributed by atoms with Gasteiger partial charge in [0.05, 0.1) is 42.0 Å². The highest BCUT2D eigenvalue weighted by Crippen LogP contribution is 2.44. The molecule has 22 heavy (non-hydrogen) atoms. The Kier molecular flexibility index (Phi) is 4.59. The van der Waals surface area contributed by atoms with Crippen LogP contribution in [0.2, 0.25) is 0 Å². The van der Waals surface area contributed by atoms with Gasteiger partial charge in [-0.05, 0) is 17.7 Å². The number of nitrogens with zero attached hydrogens (tertiary/aromatic N) is 2. The van der Waals surface area contributed by atoms with Crippen LogP contribution in [0.5, 0.6) is 11.5 Å². The van der Waals surface area contributed by atoms with Crippen LogP contribution >= 0.6 is 11.8 Å². The predicted molar refractivity (Wildman–Crippen MR) is 83.5 cm³/mol. The average molecular weight is 314 g/mol. The third kappa shape index (κ3) is 2.72. The lowest BCUT2D eigenvalue weighted by atomic mass is 9.81. The van der Waals surface area contributed by atoms with Gasteiger partial charge in [-0.25, -0.2) is 0 Å². The van der Waals surface area contributed by atoms with Crippen LogP contribution in [0.15, 0.2) is 28.8 Å². The molecule has 1 aromatic carbocycles. The van der Waals surface area contributed by atoms with Gasteiger partial charge >= 0.3 is 0 Å². The molecule has 0 aromatic heterocycles. The lowest BCUT2D eigenvalue weighted by Crippen LogP contribution is -2.26. The minimum atomic E-state index is -0.760. The summed E-state index contributed by atoms with van der Waals surface area (Å²) in [7, 11) is 3.04. The van der Waals surface area contributed by atoms with Crippen LogP contribution in [0, 0.1) is 34.0 Å². The van der Waals surface area contributed by atoms with E-state index < -0.39 is 11.8 Å². The Hall–Kier alpha value is -2.64. The molecule has 0 bridgehead atoms. The molecule has 0 aliphatic carbocycles. The summed E-state index contributed by atoms with van der Waals surface area (Å²) in [4.78, 5) is 0.